The van der Waals surface area contributed by atoms with Gasteiger partial charge >= 0.3 is 0 Å². The lowest BCUT2D eigenvalue weighted by Crippen LogP contribution is -2.56. The van der Waals surface area contributed by atoms with Crippen molar-refractivity contribution in [3.63, 3.8) is 0 Å². The van der Waals surface area contributed by atoms with E-state index in [-0.39, 0.29) is 11.9 Å². The zero-order valence-electron chi connectivity index (χ0n) is 19.7. The molecule has 11 nitrogen and oxygen atoms in total. The van der Waals surface area contributed by atoms with Gasteiger partial charge in [-0.3, -0.25) is 4.79 Å². The lowest BCUT2D eigenvalue weighted by Gasteiger charge is -2.41. The molecule has 2 fully saturated rings. The average molecular weight is 503 g/mol. The zero-order valence-corrected chi connectivity index (χ0v) is 20.5. The summed E-state index contributed by atoms with van der Waals surface area (Å²) < 4.78 is 1.61. The van der Waals surface area contributed by atoms with Crippen molar-refractivity contribution in [2.24, 2.45) is 0 Å². The van der Waals surface area contributed by atoms with Crippen molar-refractivity contribution in [3.05, 3.63) is 54.7 Å². The number of piperazine rings is 1. The summed E-state index contributed by atoms with van der Waals surface area (Å²) in [5, 5.41) is 15.1. The van der Waals surface area contributed by atoms with E-state index < -0.39 is 0 Å². The molecule has 6 rings (SSSR count). The van der Waals surface area contributed by atoms with E-state index in [4.69, 9.17) is 0 Å². The maximum atomic E-state index is 13.6. The molecule has 4 aromatic rings. The van der Waals surface area contributed by atoms with E-state index >= 15 is 0 Å². The molecule has 0 bridgehead atoms. The molecule has 0 aliphatic carbocycles. The highest BCUT2D eigenvalue weighted by Crippen LogP contribution is 2.27. The second-order valence-corrected chi connectivity index (χ2v) is 9.79. The minimum atomic E-state index is -0.204. The van der Waals surface area contributed by atoms with E-state index in [2.05, 4.69) is 40.0 Å². The molecular weight excluding hydrogens is 476 g/mol. The van der Waals surface area contributed by atoms with Gasteiger partial charge in [-0.05, 0) is 42.8 Å². The summed E-state index contributed by atoms with van der Waals surface area (Å²) in [5.74, 6) is 2.43. The molecular formula is C24H26N10OS. The molecule has 0 aromatic carbocycles. The highest BCUT2D eigenvalue weighted by molar-refractivity contribution is 7.13. The zero-order chi connectivity index (χ0) is 24.3. The summed E-state index contributed by atoms with van der Waals surface area (Å²) in [6.07, 6.45) is 7.55. The first-order valence-corrected chi connectivity index (χ1v) is 13.0. The second kappa shape index (κ2) is 9.97. The van der Waals surface area contributed by atoms with Crippen LogP contribution < -0.4 is 9.80 Å². The maximum Gasteiger partial charge on any atom is 0.245 e. The SMILES string of the molecule is O=C(C1CCCCN1c1ccc(-c2cccs2)nn1)N1CCN(c2cc(-n3cncn3)ncn2)CC1. The number of carbonyl (C=O) groups excluding carboxylic acids is 1. The quantitative estimate of drug-likeness (QED) is 0.406. The summed E-state index contributed by atoms with van der Waals surface area (Å²) >= 11 is 1.64. The fourth-order valence-corrected chi connectivity index (χ4v) is 5.52. The standard InChI is InChI=1S/C24H26N10OS/c35-24(19-4-1-2-8-33(19)21-7-6-18(29-30-21)20-5-3-13-36-20)32-11-9-31(10-12-32)22-14-23(27-16-26-22)34-17-25-15-28-34/h3,5-7,13-17,19H,1-2,4,8-12H2. The number of hydrogen-bond acceptors (Lipinski definition) is 10. The Kier molecular flexibility index (Phi) is 6.24. The summed E-state index contributed by atoms with van der Waals surface area (Å²) in [5.41, 5.74) is 0.862. The summed E-state index contributed by atoms with van der Waals surface area (Å²) in [7, 11) is 0. The molecule has 4 aromatic heterocycles. The van der Waals surface area contributed by atoms with Gasteiger partial charge in [-0.15, -0.1) is 21.5 Å². The Hall–Kier alpha value is -3.93. The van der Waals surface area contributed by atoms with Crippen LogP contribution in [0.1, 0.15) is 19.3 Å². The van der Waals surface area contributed by atoms with Crippen LogP contribution in [-0.4, -0.2) is 84.5 Å². The fourth-order valence-electron chi connectivity index (χ4n) is 4.83. The largest absolute Gasteiger partial charge is 0.353 e. The lowest BCUT2D eigenvalue weighted by molar-refractivity contribution is -0.133. The Bertz CT molecular complexity index is 1290. The highest BCUT2D eigenvalue weighted by atomic mass is 32.1. The lowest BCUT2D eigenvalue weighted by atomic mass is 10.0. The number of thiophene rings is 1. The maximum absolute atomic E-state index is 13.6. The van der Waals surface area contributed by atoms with E-state index in [1.807, 2.05) is 40.6 Å². The third kappa shape index (κ3) is 4.51. The summed E-state index contributed by atoms with van der Waals surface area (Å²) in [6.45, 7) is 3.53. The van der Waals surface area contributed by atoms with Gasteiger partial charge in [0.25, 0.3) is 0 Å². The average Bonchev–Trinajstić information content (AvgIpc) is 3.68. The molecule has 0 radical (unpaired) electrons. The van der Waals surface area contributed by atoms with Crippen molar-refractivity contribution in [1.82, 2.24) is 39.8 Å². The Morgan fingerprint density at radius 1 is 0.917 bits per heavy atom. The smallest absolute Gasteiger partial charge is 0.245 e. The van der Waals surface area contributed by atoms with Gasteiger partial charge in [-0.2, -0.15) is 5.10 Å². The molecule has 2 aliphatic heterocycles. The van der Waals surface area contributed by atoms with Gasteiger partial charge in [0.05, 0.1) is 4.88 Å². The van der Waals surface area contributed by atoms with E-state index in [9.17, 15) is 4.79 Å². The Morgan fingerprint density at radius 3 is 2.56 bits per heavy atom. The predicted octanol–water partition coefficient (Wildman–Crippen LogP) is 2.28. The minimum absolute atomic E-state index is 0.171. The van der Waals surface area contributed by atoms with E-state index in [1.54, 1.807) is 22.3 Å². The molecule has 2 aliphatic rings. The van der Waals surface area contributed by atoms with Crippen LogP contribution >= 0.6 is 11.3 Å². The third-order valence-corrected chi connectivity index (χ3v) is 7.61. The normalized spacial score (nSPS) is 18.4. The fraction of sp³-hybridized carbons (Fsp3) is 0.375. The van der Waals surface area contributed by atoms with Crippen LogP contribution in [0.4, 0.5) is 11.6 Å². The molecule has 0 spiro atoms. The van der Waals surface area contributed by atoms with Crippen molar-refractivity contribution in [2.45, 2.75) is 25.3 Å². The van der Waals surface area contributed by atoms with E-state index in [1.165, 1.54) is 12.7 Å². The molecule has 2 saturated heterocycles. The van der Waals surface area contributed by atoms with Gasteiger partial charge in [0.2, 0.25) is 5.91 Å². The first-order chi connectivity index (χ1) is 17.8. The number of aromatic nitrogens is 7. The Labute approximate surface area is 212 Å². The molecule has 12 heteroatoms. The highest BCUT2D eigenvalue weighted by Gasteiger charge is 2.34. The molecule has 36 heavy (non-hydrogen) atoms. The van der Waals surface area contributed by atoms with Crippen molar-refractivity contribution >= 4 is 28.9 Å². The number of amides is 1. The first-order valence-electron chi connectivity index (χ1n) is 12.1. The number of rotatable bonds is 5. The van der Waals surface area contributed by atoms with Crippen LogP contribution in [0, 0.1) is 0 Å². The first kappa shape index (κ1) is 22.5. The number of hydrogen-bond donors (Lipinski definition) is 0. The van der Waals surface area contributed by atoms with Crippen LogP contribution in [0.25, 0.3) is 16.4 Å². The van der Waals surface area contributed by atoms with Crippen molar-refractivity contribution in [3.8, 4) is 16.4 Å². The molecule has 6 heterocycles. The van der Waals surface area contributed by atoms with Crippen LogP contribution in [0.5, 0.6) is 0 Å². The van der Waals surface area contributed by atoms with Crippen LogP contribution in [0.15, 0.2) is 54.7 Å². The Balaban J connectivity index is 1.12. The number of piperidine rings is 1. The van der Waals surface area contributed by atoms with Crippen LogP contribution in [0.3, 0.4) is 0 Å². The summed E-state index contributed by atoms with van der Waals surface area (Å²) in [4.78, 5) is 33.7. The predicted molar refractivity (Wildman–Crippen MR) is 136 cm³/mol. The van der Waals surface area contributed by atoms with Gasteiger partial charge in [0, 0.05) is 38.8 Å². The van der Waals surface area contributed by atoms with Gasteiger partial charge in [-0.1, -0.05) is 6.07 Å². The van der Waals surface area contributed by atoms with Gasteiger partial charge < -0.3 is 14.7 Å². The third-order valence-electron chi connectivity index (χ3n) is 6.71. The molecule has 1 unspecified atom stereocenters. The molecule has 1 atom stereocenters. The number of carbonyl (C=O) groups is 1. The van der Waals surface area contributed by atoms with E-state index in [0.29, 0.717) is 32.0 Å². The van der Waals surface area contributed by atoms with Gasteiger partial charge in [0.15, 0.2) is 11.6 Å². The monoisotopic (exact) mass is 502 g/mol. The van der Waals surface area contributed by atoms with Crippen LogP contribution in [-0.2, 0) is 4.79 Å². The summed E-state index contributed by atoms with van der Waals surface area (Å²) in [6, 6.07) is 9.73. The Morgan fingerprint density at radius 2 is 1.81 bits per heavy atom. The molecule has 1 amide bonds. The van der Waals surface area contributed by atoms with Crippen molar-refractivity contribution < 1.29 is 4.79 Å². The van der Waals surface area contributed by atoms with E-state index in [0.717, 1.165) is 48.0 Å². The topological polar surface area (TPSA) is 109 Å². The number of nitrogens with zero attached hydrogens (tertiary/aromatic N) is 10. The molecule has 0 N–H and O–H groups in total. The molecule has 0 saturated carbocycles. The van der Waals surface area contributed by atoms with Gasteiger partial charge in [-0.25, -0.2) is 19.6 Å². The van der Waals surface area contributed by atoms with Crippen molar-refractivity contribution in [1.29, 1.82) is 0 Å². The van der Waals surface area contributed by atoms with Gasteiger partial charge in [0.1, 0.15) is 36.5 Å². The second-order valence-electron chi connectivity index (χ2n) is 8.85. The minimum Gasteiger partial charge on any atom is -0.353 e. The number of anilines is 2. The van der Waals surface area contributed by atoms with Crippen LogP contribution in [0.2, 0.25) is 0 Å². The van der Waals surface area contributed by atoms with Crippen molar-refractivity contribution in [2.75, 3.05) is 42.5 Å². The molecule has 184 valence electrons.